The molecular formula is C17H21N5. The monoisotopic (exact) mass is 295 g/mol. The van der Waals surface area contributed by atoms with Crippen LogP contribution < -0.4 is 0 Å². The lowest BCUT2D eigenvalue weighted by Gasteiger charge is -2.31. The molecule has 0 bridgehead atoms. The molecule has 0 amide bonds. The normalized spacial score (nSPS) is 19.8. The highest BCUT2D eigenvalue weighted by Gasteiger charge is 2.24. The summed E-state index contributed by atoms with van der Waals surface area (Å²) in [6.07, 6.45) is 4.41. The van der Waals surface area contributed by atoms with Crippen LogP contribution in [0.3, 0.4) is 0 Å². The minimum Gasteiger partial charge on any atom is -0.361 e. The molecule has 1 aromatic carbocycles. The van der Waals surface area contributed by atoms with Gasteiger partial charge in [0.1, 0.15) is 5.82 Å². The minimum absolute atomic E-state index is 0.446. The molecule has 114 valence electrons. The number of aryl methyl sites for hydroxylation is 1. The molecule has 1 aliphatic rings. The summed E-state index contributed by atoms with van der Waals surface area (Å²) in [6.45, 7) is 5.13. The van der Waals surface area contributed by atoms with Crippen molar-refractivity contribution < 1.29 is 0 Å². The van der Waals surface area contributed by atoms with Crippen molar-refractivity contribution >= 4 is 10.9 Å². The van der Waals surface area contributed by atoms with Crippen LogP contribution in [0.4, 0.5) is 0 Å². The highest BCUT2D eigenvalue weighted by atomic mass is 15.2. The Labute approximate surface area is 129 Å². The standard InChI is InChI=1S/C17H21N5/c1-12-19-17(21-20-12)15-6-3-9-22(11-15)10-14-5-2-4-13-7-8-18-16(13)14/h2,4-5,7-8,15,18H,3,6,9-11H2,1H3,(H,19,20,21)/t15-/m1/s1. The number of nitrogens with one attached hydrogen (secondary N) is 2. The minimum atomic E-state index is 0.446. The van der Waals surface area contributed by atoms with E-state index in [1.165, 1.54) is 29.3 Å². The molecule has 4 rings (SSSR count). The SMILES string of the molecule is Cc1nc([C@@H]2CCCN(Cc3cccc4cc[nH]c34)C2)n[nH]1. The molecule has 0 aliphatic carbocycles. The molecule has 3 heterocycles. The Kier molecular flexibility index (Phi) is 3.42. The predicted molar refractivity (Wildman–Crippen MR) is 86.7 cm³/mol. The topological polar surface area (TPSA) is 60.6 Å². The van der Waals surface area contributed by atoms with Crippen LogP contribution in [0.1, 0.15) is 36.0 Å². The average Bonchev–Trinajstić information content (AvgIpc) is 3.17. The maximum absolute atomic E-state index is 4.52. The predicted octanol–water partition coefficient (Wildman–Crippen LogP) is 2.97. The van der Waals surface area contributed by atoms with Gasteiger partial charge in [-0.3, -0.25) is 10.00 Å². The molecule has 1 atom stereocenters. The zero-order valence-electron chi connectivity index (χ0n) is 12.8. The molecule has 2 aromatic heterocycles. The highest BCUT2D eigenvalue weighted by Crippen LogP contribution is 2.26. The number of aromatic nitrogens is 4. The van der Waals surface area contributed by atoms with Crippen molar-refractivity contribution in [2.24, 2.45) is 0 Å². The molecule has 3 aromatic rings. The first-order valence-corrected chi connectivity index (χ1v) is 7.96. The maximum atomic E-state index is 4.52. The molecule has 1 aliphatic heterocycles. The van der Waals surface area contributed by atoms with Crippen molar-refractivity contribution in [3.8, 4) is 0 Å². The summed E-state index contributed by atoms with van der Waals surface area (Å²) in [4.78, 5) is 10.4. The van der Waals surface area contributed by atoms with E-state index in [0.29, 0.717) is 5.92 Å². The second kappa shape index (κ2) is 5.57. The average molecular weight is 295 g/mol. The molecule has 1 saturated heterocycles. The van der Waals surface area contributed by atoms with Crippen LogP contribution in [0.5, 0.6) is 0 Å². The number of H-pyrrole nitrogens is 2. The number of aromatic amines is 2. The first kappa shape index (κ1) is 13.5. The number of likely N-dealkylation sites (tertiary alicyclic amines) is 1. The van der Waals surface area contributed by atoms with E-state index in [4.69, 9.17) is 0 Å². The van der Waals surface area contributed by atoms with Crippen molar-refractivity contribution in [3.05, 3.63) is 47.7 Å². The van der Waals surface area contributed by atoms with Gasteiger partial charge in [0, 0.05) is 30.7 Å². The number of piperidine rings is 1. The Morgan fingerprint density at radius 1 is 1.32 bits per heavy atom. The van der Waals surface area contributed by atoms with E-state index in [2.05, 4.69) is 49.3 Å². The van der Waals surface area contributed by atoms with Crippen LogP contribution in [0.25, 0.3) is 10.9 Å². The summed E-state index contributed by atoms with van der Waals surface area (Å²) in [6, 6.07) is 8.66. The molecule has 0 radical (unpaired) electrons. The Morgan fingerprint density at radius 2 is 2.27 bits per heavy atom. The lowest BCUT2D eigenvalue weighted by molar-refractivity contribution is 0.197. The zero-order valence-corrected chi connectivity index (χ0v) is 12.8. The van der Waals surface area contributed by atoms with Crippen molar-refractivity contribution in [3.63, 3.8) is 0 Å². The third-order valence-corrected chi connectivity index (χ3v) is 4.55. The van der Waals surface area contributed by atoms with Crippen LogP contribution >= 0.6 is 0 Å². The molecule has 5 heteroatoms. The lowest BCUT2D eigenvalue weighted by Crippen LogP contribution is -2.34. The number of para-hydroxylation sites is 1. The van der Waals surface area contributed by atoms with Gasteiger partial charge >= 0.3 is 0 Å². The number of hydrogen-bond donors (Lipinski definition) is 2. The smallest absolute Gasteiger partial charge is 0.155 e. The summed E-state index contributed by atoms with van der Waals surface area (Å²) in [7, 11) is 0. The summed E-state index contributed by atoms with van der Waals surface area (Å²) in [5.74, 6) is 2.32. The van der Waals surface area contributed by atoms with E-state index in [1.807, 2.05) is 13.1 Å². The van der Waals surface area contributed by atoms with Gasteiger partial charge in [-0.1, -0.05) is 18.2 Å². The molecular weight excluding hydrogens is 274 g/mol. The van der Waals surface area contributed by atoms with E-state index < -0.39 is 0 Å². The Balaban J connectivity index is 1.52. The van der Waals surface area contributed by atoms with Crippen molar-refractivity contribution in [2.45, 2.75) is 32.2 Å². The zero-order chi connectivity index (χ0) is 14.9. The third-order valence-electron chi connectivity index (χ3n) is 4.55. The fourth-order valence-corrected chi connectivity index (χ4v) is 3.47. The number of benzene rings is 1. The van der Waals surface area contributed by atoms with Crippen molar-refractivity contribution in [1.29, 1.82) is 0 Å². The molecule has 0 spiro atoms. The highest BCUT2D eigenvalue weighted by molar-refractivity contribution is 5.82. The third kappa shape index (κ3) is 2.52. The summed E-state index contributed by atoms with van der Waals surface area (Å²) >= 11 is 0. The second-order valence-electron chi connectivity index (χ2n) is 6.21. The Bertz CT molecular complexity index is 772. The molecule has 1 fully saturated rings. The molecule has 0 saturated carbocycles. The summed E-state index contributed by atoms with van der Waals surface area (Å²) in [5, 5.41) is 8.61. The maximum Gasteiger partial charge on any atom is 0.155 e. The number of fused-ring (bicyclic) bond motifs is 1. The van der Waals surface area contributed by atoms with Gasteiger partial charge in [-0.2, -0.15) is 5.10 Å². The molecule has 0 unspecified atom stereocenters. The van der Waals surface area contributed by atoms with Gasteiger partial charge in [-0.05, 0) is 43.3 Å². The summed E-state index contributed by atoms with van der Waals surface area (Å²) in [5.41, 5.74) is 2.63. The molecule has 2 N–H and O–H groups in total. The van der Waals surface area contributed by atoms with Crippen LogP contribution in [0, 0.1) is 6.92 Å². The largest absolute Gasteiger partial charge is 0.361 e. The van der Waals surface area contributed by atoms with E-state index in [-0.39, 0.29) is 0 Å². The van der Waals surface area contributed by atoms with Gasteiger partial charge in [0.25, 0.3) is 0 Å². The Hall–Kier alpha value is -2.14. The number of nitrogens with zero attached hydrogens (tertiary/aromatic N) is 3. The first-order valence-electron chi connectivity index (χ1n) is 7.96. The van der Waals surface area contributed by atoms with Gasteiger partial charge in [-0.25, -0.2) is 4.98 Å². The van der Waals surface area contributed by atoms with Crippen molar-refractivity contribution in [2.75, 3.05) is 13.1 Å². The lowest BCUT2D eigenvalue weighted by atomic mass is 9.97. The van der Waals surface area contributed by atoms with Gasteiger partial charge in [0.05, 0.1) is 0 Å². The van der Waals surface area contributed by atoms with Crippen LogP contribution in [0.2, 0.25) is 0 Å². The molecule has 5 nitrogen and oxygen atoms in total. The van der Waals surface area contributed by atoms with E-state index in [0.717, 1.165) is 31.3 Å². The van der Waals surface area contributed by atoms with Crippen LogP contribution in [-0.2, 0) is 6.54 Å². The first-order chi connectivity index (χ1) is 10.8. The summed E-state index contributed by atoms with van der Waals surface area (Å²) < 4.78 is 0. The quantitative estimate of drug-likeness (QED) is 0.781. The second-order valence-corrected chi connectivity index (χ2v) is 6.21. The van der Waals surface area contributed by atoms with E-state index >= 15 is 0 Å². The van der Waals surface area contributed by atoms with Gasteiger partial charge in [0.2, 0.25) is 0 Å². The van der Waals surface area contributed by atoms with Crippen LogP contribution in [-0.4, -0.2) is 38.2 Å². The number of rotatable bonds is 3. The number of hydrogen-bond acceptors (Lipinski definition) is 3. The van der Waals surface area contributed by atoms with Gasteiger partial charge in [-0.15, -0.1) is 0 Å². The van der Waals surface area contributed by atoms with E-state index in [9.17, 15) is 0 Å². The van der Waals surface area contributed by atoms with E-state index in [1.54, 1.807) is 0 Å². The van der Waals surface area contributed by atoms with Gasteiger partial charge in [0.15, 0.2) is 5.82 Å². The fourth-order valence-electron chi connectivity index (χ4n) is 3.47. The Morgan fingerprint density at radius 3 is 3.14 bits per heavy atom. The van der Waals surface area contributed by atoms with Crippen LogP contribution in [0.15, 0.2) is 30.5 Å². The van der Waals surface area contributed by atoms with Gasteiger partial charge < -0.3 is 4.98 Å². The fraction of sp³-hybridized carbons (Fsp3) is 0.412. The van der Waals surface area contributed by atoms with Crippen molar-refractivity contribution in [1.82, 2.24) is 25.1 Å². The molecule has 22 heavy (non-hydrogen) atoms.